The summed E-state index contributed by atoms with van der Waals surface area (Å²) in [4.78, 5) is 13.6. The summed E-state index contributed by atoms with van der Waals surface area (Å²) in [5.41, 5.74) is 4.88. The number of nitrogens with zero attached hydrogens (tertiary/aromatic N) is 1. The van der Waals surface area contributed by atoms with E-state index in [1.165, 1.54) is 6.07 Å². The molecule has 2 aliphatic heterocycles. The van der Waals surface area contributed by atoms with Crippen LogP contribution in [0.4, 0.5) is 18.9 Å². The first kappa shape index (κ1) is 14.2. The molecule has 3 rings (SSSR count). The van der Waals surface area contributed by atoms with Gasteiger partial charge in [-0.05, 0) is 30.5 Å². The molecule has 2 heterocycles. The van der Waals surface area contributed by atoms with E-state index in [2.05, 4.69) is 5.32 Å². The predicted molar refractivity (Wildman–Crippen MR) is 72.1 cm³/mol. The van der Waals surface area contributed by atoms with Crippen LogP contribution in [0.25, 0.3) is 0 Å². The Morgan fingerprint density at radius 2 is 2.10 bits per heavy atom. The lowest BCUT2D eigenvalue weighted by Gasteiger charge is -2.27. The lowest BCUT2D eigenvalue weighted by Crippen LogP contribution is -2.35. The van der Waals surface area contributed by atoms with Crippen LogP contribution in [0.3, 0.4) is 0 Å². The fourth-order valence-corrected chi connectivity index (χ4v) is 3.31. The first-order valence-corrected chi connectivity index (χ1v) is 6.86. The zero-order valence-corrected chi connectivity index (χ0v) is 11.3. The van der Waals surface area contributed by atoms with Crippen molar-refractivity contribution in [1.82, 2.24) is 5.32 Å². The van der Waals surface area contributed by atoms with Crippen molar-refractivity contribution in [1.29, 1.82) is 0 Å². The number of nitrogens with two attached hydrogens (primary N) is 1. The number of nitrogens with one attached hydrogen (secondary N) is 1. The molecule has 4 nitrogen and oxygen atoms in total. The summed E-state index contributed by atoms with van der Waals surface area (Å²) in [6.45, 7) is 2.43. The van der Waals surface area contributed by atoms with Crippen LogP contribution in [0.5, 0.6) is 0 Å². The molecule has 0 aromatic heterocycles. The summed E-state index contributed by atoms with van der Waals surface area (Å²) in [6.07, 6.45) is -3.51. The van der Waals surface area contributed by atoms with Crippen LogP contribution in [-0.4, -0.2) is 31.6 Å². The molecule has 0 radical (unpaired) electrons. The van der Waals surface area contributed by atoms with Crippen molar-refractivity contribution in [2.75, 3.05) is 24.5 Å². The van der Waals surface area contributed by atoms with Crippen molar-refractivity contribution in [2.45, 2.75) is 18.6 Å². The third-order valence-electron chi connectivity index (χ3n) is 4.34. The van der Waals surface area contributed by atoms with Crippen molar-refractivity contribution in [3.8, 4) is 0 Å². The monoisotopic (exact) mass is 299 g/mol. The van der Waals surface area contributed by atoms with Gasteiger partial charge in [0.1, 0.15) is 0 Å². The van der Waals surface area contributed by atoms with E-state index in [0.717, 1.165) is 38.2 Å². The summed E-state index contributed by atoms with van der Waals surface area (Å²) in [7, 11) is 0. The van der Waals surface area contributed by atoms with Gasteiger partial charge >= 0.3 is 6.18 Å². The first-order chi connectivity index (χ1) is 9.88. The van der Waals surface area contributed by atoms with Gasteiger partial charge in [0.25, 0.3) is 5.91 Å². The molecular formula is C14H16F3N3O. The zero-order valence-electron chi connectivity index (χ0n) is 11.3. The van der Waals surface area contributed by atoms with Gasteiger partial charge in [0.15, 0.2) is 0 Å². The Balaban J connectivity index is 2.00. The minimum Gasteiger partial charge on any atom is -0.366 e. The number of halogens is 3. The molecule has 0 spiro atoms. The van der Waals surface area contributed by atoms with E-state index < -0.39 is 17.6 Å². The van der Waals surface area contributed by atoms with E-state index in [1.807, 2.05) is 4.90 Å². The molecule has 21 heavy (non-hydrogen) atoms. The molecule has 0 unspecified atom stereocenters. The average molecular weight is 299 g/mol. The lowest BCUT2D eigenvalue weighted by atomic mass is 10.0. The second-order valence-electron chi connectivity index (χ2n) is 5.56. The van der Waals surface area contributed by atoms with E-state index in [1.54, 1.807) is 0 Å². The van der Waals surface area contributed by atoms with Gasteiger partial charge in [-0.15, -0.1) is 0 Å². The standard InChI is InChI=1S/C14H16F3N3O/c15-14(16,17)9-1-2-11(10(5-9)13(18)21)20-4-3-8-6-19-7-12(8)20/h1-2,5,8,12,19H,3-4,6-7H2,(H2,18,21)/t8-,12+/m0/s1. The molecule has 2 fully saturated rings. The highest BCUT2D eigenvalue weighted by Crippen LogP contribution is 2.37. The predicted octanol–water partition coefficient (Wildman–Crippen LogP) is 1.60. The number of carbonyl (C=O) groups is 1. The molecule has 2 aliphatic rings. The van der Waals surface area contributed by atoms with Crippen LogP contribution >= 0.6 is 0 Å². The molecule has 0 aliphatic carbocycles. The molecule has 0 saturated carbocycles. The van der Waals surface area contributed by atoms with E-state index in [9.17, 15) is 18.0 Å². The number of alkyl halides is 3. The maximum atomic E-state index is 12.8. The second-order valence-corrected chi connectivity index (χ2v) is 5.56. The first-order valence-electron chi connectivity index (χ1n) is 6.86. The van der Waals surface area contributed by atoms with E-state index >= 15 is 0 Å². The number of fused-ring (bicyclic) bond motifs is 1. The number of primary amides is 1. The maximum Gasteiger partial charge on any atom is 0.416 e. The molecule has 1 aromatic rings. The number of hydrogen-bond acceptors (Lipinski definition) is 3. The van der Waals surface area contributed by atoms with Crippen molar-refractivity contribution >= 4 is 11.6 Å². The number of amides is 1. The number of benzene rings is 1. The highest BCUT2D eigenvalue weighted by molar-refractivity contribution is 5.99. The van der Waals surface area contributed by atoms with Crippen LogP contribution in [0.2, 0.25) is 0 Å². The van der Waals surface area contributed by atoms with Crippen molar-refractivity contribution in [3.63, 3.8) is 0 Å². The molecule has 2 saturated heterocycles. The lowest BCUT2D eigenvalue weighted by molar-refractivity contribution is -0.137. The fourth-order valence-electron chi connectivity index (χ4n) is 3.31. The molecule has 1 aromatic carbocycles. The topological polar surface area (TPSA) is 58.4 Å². The van der Waals surface area contributed by atoms with Crippen LogP contribution in [0, 0.1) is 5.92 Å². The fraction of sp³-hybridized carbons (Fsp3) is 0.500. The Bertz CT molecular complexity index is 573. The Morgan fingerprint density at radius 3 is 2.76 bits per heavy atom. The zero-order chi connectivity index (χ0) is 15.2. The summed E-state index contributed by atoms with van der Waals surface area (Å²) in [5, 5.41) is 3.27. The number of carbonyl (C=O) groups excluding carboxylic acids is 1. The van der Waals surface area contributed by atoms with Crippen LogP contribution in [0.15, 0.2) is 18.2 Å². The third kappa shape index (κ3) is 2.46. The highest BCUT2D eigenvalue weighted by atomic mass is 19.4. The van der Waals surface area contributed by atoms with Gasteiger partial charge < -0.3 is 16.0 Å². The average Bonchev–Trinajstić information content (AvgIpc) is 2.99. The Hall–Kier alpha value is -1.76. The smallest absolute Gasteiger partial charge is 0.366 e. The molecule has 114 valence electrons. The van der Waals surface area contributed by atoms with Crippen molar-refractivity contribution in [3.05, 3.63) is 29.3 Å². The molecule has 2 atom stereocenters. The molecule has 7 heteroatoms. The quantitative estimate of drug-likeness (QED) is 0.872. The second kappa shape index (κ2) is 4.91. The Kier molecular flexibility index (Phi) is 3.32. The molecule has 1 amide bonds. The van der Waals surface area contributed by atoms with Gasteiger partial charge in [-0.3, -0.25) is 4.79 Å². The van der Waals surface area contributed by atoms with E-state index in [-0.39, 0.29) is 11.6 Å². The summed E-state index contributed by atoms with van der Waals surface area (Å²) in [5.74, 6) is -0.349. The number of rotatable bonds is 2. The normalized spacial score (nSPS) is 25.2. The van der Waals surface area contributed by atoms with Gasteiger partial charge in [0, 0.05) is 31.4 Å². The van der Waals surface area contributed by atoms with Gasteiger partial charge in [-0.2, -0.15) is 13.2 Å². The minimum absolute atomic E-state index is 0.0580. The van der Waals surface area contributed by atoms with Gasteiger partial charge in [0.05, 0.1) is 11.1 Å². The number of hydrogen-bond donors (Lipinski definition) is 2. The van der Waals surface area contributed by atoms with Crippen molar-refractivity contribution in [2.24, 2.45) is 11.7 Å². The van der Waals surface area contributed by atoms with Crippen LogP contribution in [-0.2, 0) is 6.18 Å². The summed E-state index contributed by atoms with van der Waals surface area (Å²) >= 11 is 0. The minimum atomic E-state index is -4.48. The van der Waals surface area contributed by atoms with Gasteiger partial charge in [-0.1, -0.05) is 0 Å². The summed E-state index contributed by atoms with van der Waals surface area (Å²) in [6, 6.07) is 3.45. The maximum absolute atomic E-state index is 12.8. The third-order valence-corrected chi connectivity index (χ3v) is 4.34. The molecule has 0 bridgehead atoms. The Morgan fingerprint density at radius 1 is 1.33 bits per heavy atom. The van der Waals surface area contributed by atoms with E-state index in [0.29, 0.717) is 11.6 Å². The van der Waals surface area contributed by atoms with Crippen molar-refractivity contribution < 1.29 is 18.0 Å². The largest absolute Gasteiger partial charge is 0.416 e. The SMILES string of the molecule is NC(=O)c1cc(C(F)(F)F)ccc1N1CC[C@H]2CNC[C@H]21. The van der Waals surface area contributed by atoms with Crippen LogP contribution < -0.4 is 16.0 Å². The molecule has 3 N–H and O–H groups in total. The van der Waals surface area contributed by atoms with E-state index in [4.69, 9.17) is 5.73 Å². The molecular weight excluding hydrogens is 283 g/mol. The highest BCUT2D eigenvalue weighted by Gasteiger charge is 2.39. The van der Waals surface area contributed by atoms with Gasteiger partial charge in [0.2, 0.25) is 0 Å². The number of anilines is 1. The van der Waals surface area contributed by atoms with Crippen LogP contribution in [0.1, 0.15) is 22.3 Å². The summed E-state index contributed by atoms with van der Waals surface area (Å²) < 4.78 is 38.3. The Labute approximate surface area is 120 Å². The van der Waals surface area contributed by atoms with Gasteiger partial charge in [-0.25, -0.2) is 0 Å².